The minimum atomic E-state index is 0.0409. The first-order valence-corrected chi connectivity index (χ1v) is 6.06. The van der Waals surface area contributed by atoms with Gasteiger partial charge in [0.05, 0.1) is 6.04 Å². The van der Waals surface area contributed by atoms with E-state index < -0.39 is 0 Å². The van der Waals surface area contributed by atoms with E-state index in [-0.39, 0.29) is 6.04 Å². The van der Waals surface area contributed by atoms with E-state index in [0.29, 0.717) is 23.5 Å². The summed E-state index contributed by atoms with van der Waals surface area (Å²) in [4.78, 5) is 0. The van der Waals surface area contributed by atoms with Crippen LogP contribution in [-0.2, 0) is 6.54 Å². The summed E-state index contributed by atoms with van der Waals surface area (Å²) in [5.41, 5.74) is 1.06. The zero-order chi connectivity index (χ0) is 13.0. The molecule has 1 unspecified atom stereocenters. The van der Waals surface area contributed by atoms with Gasteiger partial charge in [0.2, 0.25) is 5.89 Å². The maximum atomic E-state index is 5.90. The van der Waals surface area contributed by atoms with Crippen LogP contribution in [0.3, 0.4) is 0 Å². The molecule has 0 saturated carbocycles. The Bertz CT molecular complexity index is 514. The predicted molar refractivity (Wildman–Crippen MR) is 70.6 cm³/mol. The van der Waals surface area contributed by atoms with Crippen LogP contribution in [0.1, 0.15) is 24.4 Å². The van der Waals surface area contributed by atoms with Crippen molar-refractivity contribution in [2.24, 2.45) is 0 Å². The van der Waals surface area contributed by atoms with Crippen molar-refractivity contribution in [3.05, 3.63) is 40.7 Å². The van der Waals surface area contributed by atoms with Gasteiger partial charge in [0, 0.05) is 11.6 Å². The third kappa shape index (κ3) is 3.21. The van der Waals surface area contributed by atoms with Gasteiger partial charge in [0.25, 0.3) is 0 Å². The van der Waals surface area contributed by atoms with E-state index in [4.69, 9.17) is 16.0 Å². The van der Waals surface area contributed by atoms with Crippen LogP contribution < -0.4 is 10.6 Å². The van der Waals surface area contributed by atoms with Gasteiger partial charge in [-0.1, -0.05) is 28.8 Å². The van der Waals surface area contributed by atoms with E-state index >= 15 is 0 Å². The van der Waals surface area contributed by atoms with Crippen LogP contribution in [0.5, 0.6) is 0 Å². The highest BCUT2D eigenvalue weighted by Crippen LogP contribution is 2.15. The largest absolute Gasteiger partial charge is 0.406 e. The van der Waals surface area contributed by atoms with E-state index in [1.165, 1.54) is 0 Å². The third-order valence-corrected chi connectivity index (χ3v) is 2.81. The summed E-state index contributed by atoms with van der Waals surface area (Å²) in [5, 5.41) is 14.7. The normalized spacial score (nSPS) is 12.4. The fourth-order valence-corrected chi connectivity index (χ4v) is 1.64. The van der Waals surface area contributed by atoms with Crippen molar-refractivity contribution < 1.29 is 4.42 Å². The minimum Gasteiger partial charge on any atom is -0.406 e. The quantitative estimate of drug-likeness (QED) is 0.871. The fraction of sp³-hybridized carbons (Fsp3) is 0.333. The van der Waals surface area contributed by atoms with Gasteiger partial charge in [0.1, 0.15) is 0 Å². The number of anilines is 1. The lowest BCUT2D eigenvalue weighted by atomic mass is 10.2. The van der Waals surface area contributed by atoms with Crippen molar-refractivity contribution in [1.82, 2.24) is 15.5 Å². The van der Waals surface area contributed by atoms with E-state index in [0.717, 1.165) is 5.56 Å². The number of hydrogen-bond acceptors (Lipinski definition) is 5. The van der Waals surface area contributed by atoms with Crippen LogP contribution >= 0.6 is 11.6 Å². The van der Waals surface area contributed by atoms with Crippen molar-refractivity contribution >= 4 is 17.6 Å². The van der Waals surface area contributed by atoms with Crippen molar-refractivity contribution in [2.75, 3.05) is 12.4 Å². The predicted octanol–water partition coefficient (Wildman–Crippen LogP) is 2.62. The lowest BCUT2D eigenvalue weighted by Crippen LogP contribution is -2.12. The Kier molecular flexibility index (Phi) is 4.17. The van der Waals surface area contributed by atoms with Gasteiger partial charge in [0.15, 0.2) is 0 Å². The molecule has 0 aliphatic heterocycles. The molecule has 2 N–H and O–H groups in total. The summed E-state index contributed by atoms with van der Waals surface area (Å²) in [6, 6.07) is 8.06. The van der Waals surface area contributed by atoms with Crippen LogP contribution in [-0.4, -0.2) is 17.2 Å². The number of hydrogen-bond donors (Lipinski definition) is 2. The highest BCUT2D eigenvalue weighted by atomic mass is 35.5. The highest BCUT2D eigenvalue weighted by molar-refractivity contribution is 6.30. The number of aromatic nitrogens is 2. The summed E-state index contributed by atoms with van der Waals surface area (Å²) in [6.45, 7) is 2.55. The molecule has 0 saturated heterocycles. The van der Waals surface area contributed by atoms with Gasteiger partial charge >= 0.3 is 6.01 Å². The van der Waals surface area contributed by atoms with E-state index in [9.17, 15) is 0 Å². The van der Waals surface area contributed by atoms with Crippen LogP contribution in [0, 0.1) is 0 Å². The second-order valence-electron chi connectivity index (χ2n) is 3.94. The average molecular weight is 267 g/mol. The van der Waals surface area contributed by atoms with Gasteiger partial charge in [-0.05, 0) is 31.7 Å². The van der Waals surface area contributed by atoms with Crippen LogP contribution in [0.4, 0.5) is 6.01 Å². The summed E-state index contributed by atoms with van der Waals surface area (Å²) in [7, 11) is 1.84. The number of nitrogens with zero attached hydrogens (tertiary/aromatic N) is 2. The average Bonchev–Trinajstić information content (AvgIpc) is 2.84. The van der Waals surface area contributed by atoms with Crippen molar-refractivity contribution in [3.8, 4) is 0 Å². The molecule has 2 aromatic rings. The van der Waals surface area contributed by atoms with Gasteiger partial charge in [-0.2, -0.15) is 0 Å². The molecule has 2 rings (SSSR count). The molecule has 0 aliphatic rings. The maximum Gasteiger partial charge on any atom is 0.315 e. The molecule has 0 bridgehead atoms. The molecule has 96 valence electrons. The minimum absolute atomic E-state index is 0.0409. The second kappa shape index (κ2) is 5.84. The van der Waals surface area contributed by atoms with Crippen LogP contribution in [0.2, 0.25) is 5.02 Å². The Morgan fingerprint density at radius 3 is 2.94 bits per heavy atom. The van der Waals surface area contributed by atoms with E-state index in [2.05, 4.69) is 20.8 Å². The summed E-state index contributed by atoms with van der Waals surface area (Å²) < 4.78 is 5.46. The number of rotatable bonds is 5. The molecule has 0 radical (unpaired) electrons. The Hall–Kier alpha value is -1.59. The maximum absolute atomic E-state index is 5.90. The Morgan fingerprint density at radius 1 is 1.39 bits per heavy atom. The standard InChI is InChI=1S/C12H15ClN4O/c1-8(14-2)11-16-17-12(18-11)15-7-9-4-3-5-10(13)6-9/h3-6,8,14H,7H2,1-2H3,(H,15,17). The van der Waals surface area contributed by atoms with Gasteiger partial charge in [-0.25, -0.2) is 0 Å². The Labute approximate surface area is 111 Å². The number of benzene rings is 1. The molecule has 1 atom stereocenters. The monoisotopic (exact) mass is 266 g/mol. The zero-order valence-electron chi connectivity index (χ0n) is 10.3. The van der Waals surface area contributed by atoms with Gasteiger partial charge in [-0.3, -0.25) is 0 Å². The second-order valence-corrected chi connectivity index (χ2v) is 4.38. The number of halogens is 1. The molecular weight excluding hydrogens is 252 g/mol. The van der Waals surface area contributed by atoms with E-state index in [1.807, 2.05) is 38.2 Å². The molecule has 0 amide bonds. The molecule has 5 nitrogen and oxygen atoms in total. The Balaban J connectivity index is 1.96. The van der Waals surface area contributed by atoms with E-state index in [1.54, 1.807) is 0 Å². The lowest BCUT2D eigenvalue weighted by molar-refractivity contribution is 0.441. The first kappa shape index (κ1) is 12.9. The molecule has 6 heteroatoms. The highest BCUT2D eigenvalue weighted by Gasteiger charge is 2.11. The molecule has 0 fully saturated rings. The first-order chi connectivity index (χ1) is 8.69. The molecule has 1 aromatic heterocycles. The van der Waals surface area contributed by atoms with Gasteiger partial charge < -0.3 is 15.1 Å². The molecule has 1 heterocycles. The molecule has 1 aromatic carbocycles. The summed E-state index contributed by atoms with van der Waals surface area (Å²) in [6.07, 6.45) is 0. The molecule has 0 spiro atoms. The molecule has 18 heavy (non-hydrogen) atoms. The lowest BCUT2D eigenvalue weighted by Gasteiger charge is -2.03. The Morgan fingerprint density at radius 2 is 2.22 bits per heavy atom. The van der Waals surface area contributed by atoms with Crippen LogP contribution in [0.25, 0.3) is 0 Å². The smallest absolute Gasteiger partial charge is 0.315 e. The van der Waals surface area contributed by atoms with Crippen molar-refractivity contribution in [3.63, 3.8) is 0 Å². The van der Waals surface area contributed by atoms with Crippen molar-refractivity contribution in [1.29, 1.82) is 0 Å². The molecular formula is C12H15ClN4O. The third-order valence-electron chi connectivity index (χ3n) is 2.58. The zero-order valence-corrected chi connectivity index (χ0v) is 11.0. The fourth-order valence-electron chi connectivity index (χ4n) is 1.43. The van der Waals surface area contributed by atoms with Crippen molar-refractivity contribution in [2.45, 2.75) is 19.5 Å². The number of nitrogens with one attached hydrogen (secondary N) is 2. The summed E-state index contributed by atoms with van der Waals surface area (Å²) >= 11 is 5.90. The van der Waals surface area contributed by atoms with Crippen LogP contribution in [0.15, 0.2) is 28.7 Å². The van der Waals surface area contributed by atoms with Gasteiger partial charge in [-0.15, -0.1) is 5.10 Å². The topological polar surface area (TPSA) is 63.0 Å². The first-order valence-electron chi connectivity index (χ1n) is 5.68. The molecule has 0 aliphatic carbocycles. The SMILES string of the molecule is CNC(C)c1nnc(NCc2cccc(Cl)c2)o1. The summed E-state index contributed by atoms with van der Waals surface area (Å²) in [5.74, 6) is 0.561.